The van der Waals surface area contributed by atoms with Crippen molar-refractivity contribution in [2.75, 3.05) is 0 Å². The zero-order chi connectivity index (χ0) is 6.36. The molecule has 0 N–H and O–H groups in total. The molecule has 1 aliphatic rings. The Morgan fingerprint density at radius 2 is 2.00 bits per heavy atom. The summed E-state index contributed by atoms with van der Waals surface area (Å²) in [5, 5.41) is 0. The summed E-state index contributed by atoms with van der Waals surface area (Å²) < 4.78 is 5.02. The van der Waals surface area contributed by atoms with Gasteiger partial charge in [-0.2, -0.15) is 0 Å². The second-order valence-corrected chi connectivity index (χ2v) is 2.71. The van der Waals surface area contributed by atoms with E-state index in [-0.39, 0.29) is 17.5 Å². The first kappa shape index (κ1) is 5.76. The molecule has 1 atom stereocenters. The van der Waals surface area contributed by atoms with Crippen LogP contribution in [0.4, 0.5) is 0 Å². The molecule has 0 bridgehead atoms. The average molecular weight is 114 g/mol. The molecule has 0 aliphatic carbocycles. The van der Waals surface area contributed by atoms with E-state index in [1.807, 2.05) is 13.8 Å². The molecule has 0 radical (unpaired) electrons. The Bertz CT molecular complexity index is 126. The highest BCUT2D eigenvalue weighted by molar-refractivity contribution is 5.84. The summed E-state index contributed by atoms with van der Waals surface area (Å²) >= 11 is 0. The Morgan fingerprint density at radius 1 is 1.62 bits per heavy atom. The summed E-state index contributed by atoms with van der Waals surface area (Å²) in [7, 11) is 0. The highest BCUT2D eigenvalue weighted by Crippen LogP contribution is 2.35. The molecule has 0 aromatic rings. The highest BCUT2D eigenvalue weighted by atomic mass is 16.6. The summed E-state index contributed by atoms with van der Waals surface area (Å²) in [6, 6.07) is 0. The van der Waals surface area contributed by atoms with Crippen LogP contribution in [0.3, 0.4) is 0 Å². The minimum absolute atomic E-state index is 0.123. The van der Waals surface area contributed by atoms with Crippen LogP contribution in [0.2, 0.25) is 0 Å². The third kappa shape index (κ3) is 0.757. The number of epoxide rings is 1. The normalized spacial score (nSPS) is 32.1. The van der Waals surface area contributed by atoms with Crippen LogP contribution >= 0.6 is 0 Å². The van der Waals surface area contributed by atoms with E-state index in [1.54, 1.807) is 6.92 Å². The summed E-state index contributed by atoms with van der Waals surface area (Å²) in [5.74, 6) is 0.134. The Balaban J connectivity index is 2.48. The van der Waals surface area contributed by atoms with E-state index in [9.17, 15) is 4.79 Å². The van der Waals surface area contributed by atoms with Crippen LogP contribution in [0, 0.1) is 0 Å². The Morgan fingerprint density at radius 3 is 2.00 bits per heavy atom. The molecule has 1 fully saturated rings. The van der Waals surface area contributed by atoms with Crippen molar-refractivity contribution in [1.29, 1.82) is 0 Å². The Kier molecular flexibility index (Phi) is 0.949. The topological polar surface area (TPSA) is 29.6 Å². The van der Waals surface area contributed by atoms with Gasteiger partial charge in [0, 0.05) is 0 Å². The zero-order valence-corrected chi connectivity index (χ0v) is 5.39. The van der Waals surface area contributed by atoms with Gasteiger partial charge in [0.05, 0.1) is 5.60 Å². The van der Waals surface area contributed by atoms with Crippen molar-refractivity contribution < 1.29 is 9.53 Å². The number of hydrogen-bond acceptors (Lipinski definition) is 2. The van der Waals surface area contributed by atoms with E-state index in [0.29, 0.717) is 0 Å². The first-order valence-electron chi connectivity index (χ1n) is 2.72. The smallest absolute Gasteiger partial charge is 0.161 e. The largest absolute Gasteiger partial charge is 0.358 e. The highest BCUT2D eigenvalue weighted by Gasteiger charge is 2.50. The second-order valence-electron chi connectivity index (χ2n) is 2.71. The van der Waals surface area contributed by atoms with Gasteiger partial charge in [0.2, 0.25) is 0 Å². The van der Waals surface area contributed by atoms with Crippen LogP contribution in [0.15, 0.2) is 0 Å². The molecular weight excluding hydrogens is 104 g/mol. The van der Waals surface area contributed by atoms with Crippen molar-refractivity contribution in [3.8, 4) is 0 Å². The number of ketones is 1. The monoisotopic (exact) mass is 114 g/mol. The van der Waals surface area contributed by atoms with Gasteiger partial charge in [-0.05, 0) is 20.8 Å². The molecule has 0 aromatic carbocycles. The predicted molar refractivity (Wildman–Crippen MR) is 29.6 cm³/mol. The van der Waals surface area contributed by atoms with Crippen molar-refractivity contribution in [3.05, 3.63) is 0 Å². The first-order valence-corrected chi connectivity index (χ1v) is 2.72. The zero-order valence-electron chi connectivity index (χ0n) is 5.39. The summed E-state index contributed by atoms with van der Waals surface area (Å²) in [4.78, 5) is 10.5. The third-order valence-corrected chi connectivity index (χ3v) is 1.37. The van der Waals surface area contributed by atoms with Crippen LogP contribution in [0.5, 0.6) is 0 Å². The fraction of sp³-hybridized carbons (Fsp3) is 0.833. The van der Waals surface area contributed by atoms with Gasteiger partial charge in [-0.3, -0.25) is 4.79 Å². The molecule has 0 amide bonds. The molecule has 1 rings (SSSR count). The van der Waals surface area contributed by atoms with Crippen molar-refractivity contribution >= 4 is 5.78 Å². The maximum absolute atomic E-state index is 10.5. The van der Waals surface area contributed by atoms with Gasteiger partial charge in [-0.1, -0.05) is 0 Å². The van der Waals surface area contributed by atoms with Crippen molar-refractivity contribution in [3.63, 3.8) is 0 Å². The van der Waals surface area contributed by atoms with Gasteiger partial charge in [0.15, 0.2) is 5.78 Å². The molecule has 0 unspecified atom stereocenters. The lowest BCUT2D eigenvalue weighted by Crippen LogP contribution is -2.10. The van der Waals surface area contributed by atoms with Gasteiger partial charge in [-0.25, -0.2) is 0 Å². The van der Waals surface area contributed by atoms with E-state index < -0.39 is 0 Å². The van der Waals surface area contributed by atoms with Crippen molar-refractivity contribution in [1.82, 2.24) is 0 Å². The van der Waals surface area contributed by atoms with Crippen LogP contribution in [-0.4, -0.2) is 17.5 Å². The molecule has 1 heterocycles. The lowest BCUT2D eigenvalue weighted by Gasteiger charge is -1.87. The number of hydrogen-bond donors (Lipinski definition) is 0. The van der Waals surface area contributed by atoms with E-state index in [2.05, 4.69) is 0 Å². The van der Waals surface area contributed by atoms with Gasteiger partial charge < -0.3 is 4.74 Å². The fourth-order valence-corrected chi connectivity index (χ4v) is 0.842. The quantitative estimate of drug-likeness (QED) is 0.471. The number of Topliss-reactive ketones (excluding diaryl/α,β-unsaturated/α-hetero) is 1. The van der Waals surface area contributed by atoms with Gasteiger partial charge >= 0.3 is 0 Å². The summed E-state index contributed by atoms with van der Waals surface area (Å²) in [5.41, 5.74) is -0.161. The second kappa shape index (κ2) is 1.32. The van der Waals surface area contributed by atoms with Crippen molar-refractivity contribution in [2.24, 2.45) is 0 Å². The molecule has 8 heavy (non-hydrogen) atoms. The predicted octanol–water partition coefficient (Wildman–Crippen LogP) is 0.753. The average Bonchev–Trinajstić information content (AvgIpc) is 2.13. The molecular formula is C6H10O2. The van der Waals surface area contributed by atoms with Gasteiger partial charge in [0.1, 0.15) is 6.10 Å². The Hall–Kier alpha value is -0.370. The molecule has 1 saturated heterocycles. The molecule has 2 nitrogen and oxygen atoms in total. The third-order valence-electron chi connectivity index (χ3n) is 1.37. The van der Waals surface area contributed by atoms with Crippen LogP contribution in [-0.2, 0) is 9.53 Å². The van der Waals surface area contributed by atoms with E-state index in [1.165, 1.54) is 0 Å². The van der Waals surface area contributed by atoms with Crippen molar-refractivity contribution in [2.45, 2.75) is 32.5 Å². The molecule has 1 aliphatic heterocycles. The molecule has 0 aromatic heterocycles. The minimum atomic E-state index is -0.161. The summed E-state index contributed by atoms with van der Waals surface area (Å²) in [6.45, 7) is 5.39. The van der Waals surface area contributed by atoms with Gasteiger partial charge in [-0.15, -0.1) is 0 Å². The lowest BCUT2D eigenvalue weighted by molar-refractivity contribution is -0.118. The van der Waals surface area contributed by atoms with Crippen LogP contribution in [0.1, 0.15) is 20.8 Å². The number of carbonyl (C=O) groups excluding carboxylic acids is 1. The van der Waals surface area contributed by atoms with E-state index in [4.69, 9.17) is 4.74 Å². The SMILES string of the molecule is CC(=O)[C@@H]1OC1(C)C. The fourth-order valence-electron chi connectivity index (χ4n) is 0.842. The van der Waals surface area contributed by atoms with Crippen LogP contribution < -0.4 is 0 Å². The molecule has 2 heteroatoms. The van der Waals surface area contributed by atoms with E-state index in [0.717, 1.165) is 0 Å². The molecule has 0 saturated carbocycles. The maximum atomic E-state index is 10.5. The standard InChI is InChI=1S/C6H10O2/c1-4(7)5-6(2,3)8-5/h5H,1-3H3/t5-/m0/s1. The van der Waals surface area contributed by atoms with Gasteiger partial charge in [0.25, 0.3) is 0 Å². The number of rotatable bonds is 1. The molecule has 46 valence electrons. The minimum Gasteiger partial charge on any atom is -0.358 e. The molecule has 0 spiro atoms. The number of ether oxygens (including phenoxy) is 1. The maximum Gasteiger partial charge on any atom is 0.161 e. The first-order chi connectivity index (χ1) is 3.54. The lowest BCUT2D eigenvalue weighted by atomic mass is 10.1. The van der Waals surface area contributed by atoms with E-state index >= 15 is 0 Å². The Labute approximate surface area is 48.8 Å². The number of carbonyl (C=O) groups is 1. The van der Waals surface area contributed by atoms with Crippen LogP contribution in [0.25, 0.3) is 0 Å². The summed E-state index contributed by atoms with van der Waals surface area (Å²) in [6.07, 6.45) is -0.123.